The molecule has 6 nitrogen and oxygen atoms in total. The Kier molecular flexibility index (Phi) is 11.6. The summed E-state index contributed by atoms with van der Waals surface area (Å²) in [7, 11) is 0. The van der Waals surface area contributed by atoms with Gasteiger partial charge in [-0.15, -0.1) is 0 Å². The van der Waals surface area contributed by atoms with Crippen molar-refractivity contribution in [3.8, 4) is 11.5 Å². The number of carbonyl (C=O) groups is 1. The Morgan fingerprint density at radius 3 is 2.29 bits per heavy atom. The number of carbonyl (C=O) groups excluding carboxylic acids is 1. The molecule has 196 valence electrons. The minimum atomic E-state index is -0.302. The molecule has 2 saturated heterocycles. The molecule has 0 spiro atoms. The van der Waals surface area contributed by atoms with Crippen molar-refractivity contribution in [2.45, 2.75) is 53.5 Å². The van der Waals surface area contributed by atoms with Crippen LogP contribution in [0.25, 0.3) is 0 Å². The number of likely N-dealkylation sites (tertiary alicyclic amines) is 2. The number of hydrogen-bond acceptors (Lipinski definition) is 5. The van der Waals surface area contributed by atoms with E-state index in [2.05, 4.69) is 22.0 Å². The molecule has 2 aliphatic heterocycles. The van der Waals surface area contributed by atoms with E-state index in [1.807, 2.05) is 12.1 Å². The largest absolute Gasteiger partial charge is 0.457 e. The predicted octanol–water partition coefficient (Wildman–Crippen LogP) is 6.25. The molecule has 0 radical (unpaired) electrons. The molecule has 1 amide bonds. The molecule has 0 unspecified atom stereocenters. The number of piperidine rings is 1. The zero-order valence-corrected chi connectivity index (χ0v) is 19.3. The molecule has 4 rings (SSSR count). The number of rotatable bonds is 9. The number of nitrogens with one attached hydrogen (secondary N) is 1. The average molecular weight is 490 g/mol. The Balaban J connectivity index is 0.00000216. The molecule has 2 heterocycles. The maximum absolute atomic E-state index is 13.0. The summed E-state index contributed by atoms with van der Waals surface area (Å²) in [5.41, 5.74) is 0.721. The highest BCUT2D eigenvalue weighted by atomic mass is 19.1. The van der Waals surface area contributed by atoms with Gasteiger partial charge in [0.25, 0.3) is 0 Å². The van der Waals surface area contributed by atoms with Crippen LogP contribution in [0.5, 0.6) is 11.5 Å². The number of hydrogen-bond donors (Lipinski definition) is 1. The van der Waals surface area contributed by atoms with Crippen LogP contribution in [0.2, 0.25) is 0 Å². The van der Waals surface area contributed by atoms with E-state index in [1.54, 1.807) is 24.3 Å². The van der Waals surface area contributed by atoms with Gasteiger partial charge in [0.15, 0.2) is 0 Å². The summed E-state index contributed by atoms with van der Waals surface area (Å²) >= 11 is 0. The zero-order valence-electron chi connectivity index (χ0n) is 19.3. The van der Waals surface area contributed by atoms with Gasteiger partial charge in [-0.1, -0.05) is 21.8 Å². The van der Waals surface area contributed by atoms with Crippen molar-refractivity contribution >= 4 is 11.6 Å². The molecular weight excluding hydrogens is 445 g/mol. The Morgan fingerprint density at radius 2 is 1.63 bits per heavy atom. The summed E-state index contributed by atoms with van der Waals surface area (Å²) in [4.78, 5) is 17.5. The first-order chi connectivity index (χ1) is 16.1. The van der Waals surface area contributed by atoms with E-state index in [-0.39, 0.29) is 34.0 Å². The molecular formula is C28H44FN3O3. The normalized spacial score (nSPS) is 19.0. The van der Waals surface area contributed by atoms with Crippen LogP contribution in [0.1, 0.15) is 48.9 Å². The third kappa shape index (κ3) is 8.60. The fraction of sp³-hybridized carbons (Fsp3) is 0.536. The van der Waals surface area contributed by atoms with Crippen molar-refractivity contribution < 1.29 is 20.1 Å². The van der Waals surface area contributed by atoms with E-state index in [1.165, 1.54) is 25.0 Å². The standard InChI is InChI=1S/C26H34FN3O3.2CH4.H2/c1-20-12-15-29(16-13-20)17-18-32-19-30-14-2-3-25(30)26(31)28-22-6-10-24(11-7-22)33-23-8-4-21(27)5-9-23;;;/h4-11,20,25H,2-3,12-19H2,1H3,(H,28,31);2*1H4;1H/t25-;;;/m0.../s1. The molecule has 0 aliphatic carbocycles. The van der Waals surface area contributed by atoms with Crippen LogP contribution in [0, 0.1) is 11.7 Å². The van der Waals surface area contributed by atoms with Crippen molar-refractivity contribution in [1.29, 1.82) is 0 Å². The average Bonchev–Trinajstić information content (AvgIpc) is 3.29. The van der Waals surface area contributed by atoms with Crippen molar-refractivity contribution in [2.75, 3.05) is 44.8 Å². The lowest BCUT2D eigenvalue weighted by Crippen LogP contribution is -2.41. The first-order valence-corrected chi connectivity index (χ1v) is 12.0. The molecule has 2 fully saturated rings. The van der Waals surface area contributed by atoms with E-state index in [9.17, 15) is 9.18 Å². The van der Waals surface area contributed by atoms with Crippen LogP contribution < -0.4 is 10.1 Å². The molecule has 1 N–H and O–H groups in total. The third-order valence-corrected chi connectivity index (χ3v) is 6.52. The van der Waals surface area contributed by atoms with Gasteiger partial charge >= 0.3 is 0 Å². The summed E-state index contributed by atoms with van der Waals surface area (Å²) < 4.78 is 24.7. The Bertz CT molecular complexity index is 890. The second-order valence-electron chi connectivity index (χ2n) is 9.10. The monoisotopic (exact) mass is 489 g/mol. The second kappa shape index (κ2) is 14.2. The van der Waals surface area contributed by atoms with E-state index in [0.29, 0.717) is 24.8 Å². The zero-order chi connectivity index (χ0) is 23.0. The number of ether oxygens (including phenoxy) is 2. The Labute approximate surface area is 211 Å². The van der Waals surface area contributed by atoms with Gasteiger partial charge in [0.1, 0.15) is 17.3 Å². The predicted molar refractivity (Wildman–Crippen MR) is 143 cm³/mol. The van der Waals surface area contributed by atoms with Gasteiger partial charge in [0, 0.05) is 20.2 Å². The summed E-state index contributed by atoms with van der Waals surface area (Å²) in [5, 5.41) is 3.01. The number of amides is 1. The molecule has 0 saturated carbocycles. The van der Waals surface area contributed by atoms with Crippen LogP contribution >= 0.6 is 0 Å². The van der Waals surface area contributed by atoms with E-state index >= 15 is 0 Å². The maximum atomic E-state index is 13.0. The van der Waals surface area contributed by atoms with Gasteiger partial charge in [-0.25, -0.2) is 4.39 Å². The van der Waals surface area contributed by atoms with E-state index < -0.39 is 0 Å². The lowest BCUT2D eigenvalue weighted by molar-refractivity contribution is -0.122. The van der Waals surface area contributed by atoms with Gasteiger partial charge in [-0.2, -0.15) is 0 Å². The van der Waals surface area contributed by atoms with Crippen LogP contribution in [0.4, 0.5) is 10.1 Å². The van der Waals surface area contributed by atoms with Gasteiger partial charge < -0.3 is 19.7 Å². The first-order valence-electron chi connectivity index (χ1n) is 12.0. The highest BCUT2D eigenvalue weighted by molar-refractivity contribution is 5.95. The maximum Gasteiger partial charge on any atom is 0.241 e. The van der Waals surface area contributed by atoms with Gasteiger partial charge in [-0.3, -0.25) is 9.69 Å². The molecule has 2 aromatic carbocycles. The van der Waals surface area contributed by atoms with Crippen molar-refractivity contribution in [2.24, 2.45) is 5.92 Å². The van der Waals surface area contributed by atoms with Crippen LogP contribution in [0.3, 0.4) is 0 Å². The molecule has 2 aliphatic rings. The lowest BCUT2D eigenvalue weighted by Gasteiger charge is -2.30. The minimum Gasteiger partial charge on any atom is -0.457 e. The lowest BCUT2D eigenvalue weighted by atomic mass is 9.99. The molecule has 0 bridgehead atoms. The molecule has 2 aromatic rings. The van der Waals surface area contributed by atoms with Gasteiger partial charge in [-0.05, 0) is 93.2 Å². The summed E-state index contributed by atoms with van der Waals surface area (Å²) in [6.45, 7) is 7.68. The van der Waals surface area contributed by atoms with Gasteiger partial charge in [0.05, 0.1) is 19.4 Å². The van der Waals surface area contributed by atoms with Crippen LogP contribution in [0.15, 0.2) is 48.5 Å². The SMILES string of the molecule is C.C.CC1CCN(CCOCN2CCC[C@H]2C(=O)Nc2ccc(Oc3ccc(F)cc3)cc2)CC1.[HH]. The number of benzene rings is 2. The number of anilines is 1. The second-order valence-corrected chi connectivity index (χ2v) is 9.10. The summed E-state index contributed by atoms with van der Waals surface area (Å²) in [6, 6.07) is 12.9. The summed E-state index contributed by atoms with van der Waals surface area (Å²) in [5.74, 6) is 1.71. The van der Waals surface area contributed by atoms with Crippen molar-refractivity contribution in [1.82, 2.24) is 9.80 Å². The topological polar surface area (TPSA) is 54.0 Å². The minimum absolute atomic E-state index is 0. The Morgan fingerprint density at radius 1 is 1.00 bits per heavy atom. The molecule has 7 heteroatoms. The molecule has 0 aromatic heterocycles. The third-order valence-electron chi connectivity index (χ3n) is 6.52. The molecule has 1 atom stereocenters. The smallest absolute Gasteiger partial charge is 0.241 e. The van der Waals surface area contributed by atoms with Gasteiger partial charge in [0.2, 0.25) is 5.91 Å². The first kappa shape index (κ1) is 28.8. The van der Waals surface area contributed by atoms with Crippen LogP contribution in [-0.2, 0) is 9.53 Å². The highest BCUT2D eigenvalue weighted by Crippen LogP contribution is 2.24. The van der Waals surface area contributed by atoms with Crippen molar-refractivity contribution in [3.05, 3.63) is 54.3 Å². The van der Waals surface area contributed by atoms with Crippen molar-refractivity contribution in [3.63, 3.8) is 0 Å². The van der Waals surface area contributed by atoms with E-state index in [4.69, 9.17) is 9.47 Å². The summed E-state index contributed by atoms with van der Waals surface area (Å²) in [6.07, 6.45) is 4.38. The van der Waals surface area contributed by atoms with Crippen LogP contribution in [-0.4, -0.2) is 61.3 Å². The Hall–Kier alpha value is -2.48. The highest BCUT2D eigenvalue weighted by Gasteiger charge is 2.30. The fourth-order valence-corrected chi connectivity index (χ4v) is 4.41. The van der Waals surface area contributed by atoms with E-state index in [0.717, 1.165) is 50.6 Å². The molecule has 35 heavy (non-hydrogen) atoms. The quantitative estimate of drug-likeness (QED) is 0.422. The fourth-order valence-electron chi connectivity index (χ4n) is 4.41. The number of nitrogens with zero attached hydrogens (tertiary/aromatic N) is 2. The number of halogens is 1.